The van der Waals surface area contributed by atoms with E-state index in [4.69, 9.17) is 9.47 Å². The number of amides is 1. The van der Waals surface area contributed by atoms with Gasteiger partial charge in [-0.15, -0.1) is 11.3 Å². The molecule has 0 saturated heterocycles. The van der Waals surface area contributed by atoms with Crippen LogP contribution in [0, 0.1) is 18.3 Å². The number of rotatable bonds is 9. The maximum absolute atomic E-state index is 12.4. The van der Waals surface area contributed by atoms with E-state index in [2.05, 4.69) is 12.2 Å². The van der Waals surface area contributed by atoms with Gasteiger partial charge >= 0.3 is 5.97 Å². The Kier molecular flexibility index (Phi) is 8.44. The van der Waals surface area contributed by atoms with E-state index in [1.165, 1.54) is 6.08 Å². The first-order chi connectivity index (χ1) is 14.0. The van der Waals surface area contributed by atoms with Gasteiger partial charge in [-0.05, 0) is 38.0 Å². The second kappa shape index (κ2) is 11.0. The van der Waals surface area contributed by atoms with Gasteiger partial charge in [0.25, 0.3) is 0 Å². The Hall–Kier alpha value is -3.11. The number of para-hydroxylation sites is 1. The lowest BCUT2D eigenvalue weighted by molar-refractivity contribution is -0.111. The zero-order chi connectivity index (χ0) is 21.2. The molecule has 1 heterocycles. The van der Waals surface area contributed by atoms with Crippen LogP contribution in [0.5, 0.6) is 5.75 Å². The van der Waals surface area contributed by atoms with Crippen molar-refractivity contribution in [3.8, 4) is 11.8 Å². The Morgan fingerprint density at radius 1 is 1.28 bits per heavy atom. The zero-order valence-electron chi connectivity index (χ0n) is 16.8. The molecule has 0 radical (unpaired) electrons. The molecule has 0 aliphatic heterocycles. The standard InChI is InChI=1S/C22H24N2O4S/c1-4-6-13-28-18-10-8-7-9-16(18)11-12-19(25)24-21-17(14-23)15(3)20(29-21)22(26)27-5-2/h7-12H,4-6,13H2,1-3H3,(H,24,25)/b12-11+. The van der Waals surface area contributed by atoms with E-state index in [0.717, 1.165) is 29.7 Å². The van der Waals surface area contributed by atoms with Crippen LogP contribution in [0.25, 0.3) is 6.08 Å². The number of carbonyl (C=O) groups is 2. The van der Waals surface area contributed by atoms with Crippen molar-refractivity contribution in [2.24, 2.45) is 0 Å². The van der Waals surface area contributed by atoms with Gasteiger partial charge in [-0.25, -0.2) is 4.79 Å². The van der Waals surface area contributed by atoms with E-state index in [0.29, 0.717) is 27.8 Å². The van der Waals surface area contributed by atoms with Gasteiger partial charge in [0.2, 0.25) is 5.91 Å². The summed E-state index contributed by atoms with van der Waals surface area (Å²) in [6.45, 7) is 6.32. The number of anilines is 1. The highest BCUT2D eigenvalue weighted by atomic mass is 32.1. The number of unbranched alkanes of at least 4 members (excludes halogenated alkanes) is 1. The predicted molar refractivity (Wildman–Crippen MR) is 114 cm³/mol. The summed E-state index contributed by atoms with van der Waals surface area (Å²) in [4.78, 5) is 24.7. The smallest absolute Gasteiger partial charge is 0.348 e. The molecule has 0 unspecified atom stereocenters. The van der Waals surface area contributed by atoms with E-state index in [1.54, 1.807) is 19.9 Å². The number of thiophene rings is 1. The summed E-state index contributed by atoms with van der Waals surface area (Å²) < 4.78 is 10.8. The van der Waals surface area contributed by atoms with Crippen molar-refractivity contribution in [1.82, 2.24) is 0 Å². The number of ether oxygens (including phenoxy) is 2. The number of benzene rings is 1. The highest BCUT2D eigenvalue weighted by molar-refractivity contribution is 7.18. The first-order valence-electron chi connectivity index (χ1n) is 9.43. The van der Waals surface area contributed by atoms with Gasteiger partial charge in [-0.3, -0.25) is 4.79 Å². The molecule has 6 nitrogen and oxygen atoms in total. The number of nitriles is 1. The first-order valence-corrected chi connectivity index (χ1v) is 10.2. The number of hydrogen-bond donors (Lipinski definition) is 1. The molecule has 0 aliphatic rings. The Morgan fingerprint density at radius 2 is 2.03 bits per heavy atom. The van der Waals surface area contributed by atoms with Gasteiger partial charge in [0.15, 0.2) is 0 Å². The Labute approximate surface area is 174 Å². The maximum atomic E-state index is 12.4. The van der Waals surface area contributed by atoms with Crippen molar-refractivity contribution in [2.45, 2.75) is 33.6 Å². The van der Waals surface area contributed by atoms with Gasteiger partial charge < -0.3 is 14.8 Å². The molecule has 1 amide bonds. The van der Waals surface area contributed by atoms with Crippen molar-refractivity contribution >= 4 is 34.3 Å². The number of carbonyl (C=O) groups excluding carboxylic acids is 2. The Morgan fingerprint density at radius 3 is 2.72 bits per heavy atom. The predicted octanol–water partition coefficient (Wildman–Crippen LogP) is 4.94. The van der Waals surface area contributed by atoms with Crippen LogP contribution in [-0.4, -0.2) is 25.1 Å². The summed E-state index contributed by atoms with van der Waals surface area (Å²) >= 11 is 1.04. The second-order valence-corrected chi connectivity index (χ2v) is 7.18. The second-order valence-electron chi connectivity index (χ2n) is 6.16. The third-order valence-electron chi connectivity index (χ3n) is 4.04. The molecule has 2 rings (SSSR count). The monoisotopic (exact) mass is 412 g/mol. The third kappa shape index (κ3) is 5.93. The number of esters is 1. The highest BCUT2D eigenvalue weighted by Crippen LogP contribution is 2.33. The normalized spacial score (nSPS) is 10.6. The molecule has 0 aliphatic carbocycles. The molecule has 2 aromatic rings. The molecule has 29 heavy (non-hydrogen) atoms. The minimum Gasteiger partial charge on any atom is -0.493 e. The van der Waals surface area contributed by atoms with Crippen molar-refractivity contribution < 1.29 is 19.1 Å². The Balaban J connectivity index is 2.15. The summed E-state index contributed by atoms with van der Waals surface area (Å²) in [6, 6.07) is 9.51. The number of hydrogen-bond acceptors (Lipinski definition) is 6. The number of nitrogens with zero attached hydrogens (tertiary/aromatic N) is 1. The quantitative estimate of drug-likeness (QED) is 0.358. The van der Waals surface area contributed by atoms with Crippen molar-refractivity contribution in [2.75, 3.05) is 18.5 Å². The molecule has 0 fully saturated rings. The fraction of sp³-hybridized carbons (Fsp3) is 0.318. The van der Waals surface area contributed by atoms with E-state index in [-0.39, 0.29) is 12.2 Å². The van der Waals surface area contributed by atoms with Crippen molar-refractivity contribution in [1.29, 1.82) is 5.26 Å². The molecule has 0 atom stereocenters. The van der Waals surface area contributed by atoms with Crippen LogP contribution in [0.2, 0.25) is 0 Å². The zero-order valence-corrected chi connectivity index (χ0v) is 17.6. The summed E-state index contributed by atoms with van der Waals surface area (Å²) in [7, 11) is 0. The van der Waals surface area contributed by atoms with Crippen molar-refractivity contribution in [3.63, 3.8) is 0 Å². The largest absolute Gasteiger partial charge is 0.493 e. The van der Waals surface area contributed by atoms with Gasteiger partial charge in [0.1, 0.15) is 21.7 Å². The van der Waals surface area contributed by atoms with Crippen LogP contribution in [0.4, 0.5) is 5.00 Å². The summed E-state index contributed by atoms with van der Waals surface area (Å²) in [5, 5.41) is 12.4. The molecule has 152 valence electrons. The maximum Gasteiger partial charge on any atom is 0.348 e. The molecular formula is C22H24N2O4S. The fourth-order valence-electron chi connectivity index (χ4n) is 2.52. The average Bonchev–Trinajstić information content (AvgIpc) is 3.02. The molecule has 1 N–H and O–H groups in total. The van der Waals surface area contributed by atoms with Crippen LogP contribution in [0.3, 0.4) is 0 Å². The molecular weight excluding hydrogens is 388 g/mol. The minimum absolute atomic E-state index is 0.238. The summed E-state index contributed by atoms with van der Waals surface area (Å²) in [5.74, 6) is -0.193. The van der Waals surface area contributed by atoms with Gasteiger partial charge in [-0.2, -0.15) is 5.26 Å². The van der Waals surface area contributed by atoms with E-state index >= 15 is 0 Å². The lowest BCUT2D eigenvalue weighted by Gasteiger charge is -2.08. The molecule has 0 saturated carbocycles. The fourth-order valence-corrected chi connectivity index (χ4v) is 3.58. The number of nitrogens with one attached hydrogen (secondary N) is 1. The van der Waals surface area contributed by atoms with Crippen LogP contribution in [-0.2, 0) is 9.53 Å². The van der Waals surface area contributed by atoms with E-state index in [1.807, 2.05) is 30.3 Å². The van der Waals surface area contributed by atoms with E-state index < -0.39 is 11.9 Å². The highest BCUT2D eigenvalue weighted by Gasteiger charge is 2.21. The molecule has 0 spiro atoms. The van der Waals surface area contributed by atoms with E-state index in [9.17, 15) is 14.9 Å². The summed E-state index contributed by atoms with van der Waals surface area (Å²) in [6.07, 6.45) is 5.03. The van der Waals surface area contributed by atoms with Crippen LogP contribution in [0.15, 0.2) is 30.3 Å². The van der Waals surface area contributed by atoms with Crippen LogP contribution < -0.4 is 10.1 Å². The molecule has 7 heteroatoms. The molecule has 1 aromatic carbocycles. The molecule has 1 aromatic heterocycles. The van der Waals surface area contributed by atoms with Gasteiger partial charge in [0, 0.05) is 11.6 Å². The van der Waals surface area contributed by atoms with Crippen LogP contribution >= 0.6 is 11.3 Å². The molecule has 0 bridgehead atoms. The third-order valence-corrected chi connectivity index (χ3v) is 5.23. The summed E-state index contributed by atoms with van der Waals surface area (Å²) in [5.41, 5.74) is 1.56. The van der Waals surface area contributed by atoms with Gasteiger partial charge in [0.05, 0.1) is 18.8 Å². The van der Waals surface area contributed by atoms with Gasteiger partial charge in [-0.1, -0.05) is 31.5 Å². The SMILES string of the molecule is CCCCOc1ccccc1/C=C/C(=O)Nc1sc(C(=O)OCC)c(C)c1C#N. The van der Waals surface area contributed by atoms with Crippen LogP contribution in [0.1, 0.15) is 53.1 Å². The average molecular weight is 413 g/mol. The minimum atomic E-state index is -0.499. The van der Waals surface area contributed by atoms with Crippen molar-refractivity contribution in [3.05, 3.63) is 51.9 Å². The topological polar surface area (TPSA) is 88.4 Å². The Bertz CT molecular complexity index is 941. The first kappa shape index (κ1) is 22.2. The lowest BCUT2D eigenvalue weighted by atomic mass is 10.1. The lowest BCUT2D eigenvalue weighted by Crippen LogP contribution is -2.07.